The number of hydrogen-bond acceptors (Lipinski definition) is 5. The van der Waals surface area contributed by atoms with Gasteiger partial charge in [-0.15, -0.1) is 11.3 Å². The van der Waals surface area contributed by atoms with Gasteiger partial charge >= 0.3 is 0 Å². The summed E-state index contributed by atoms with van der Waals surface area (Å²) in [6.07, 6.45) is 0.984. The third kappa shape index (κ3) is 3.07. The van der Waals surface area contributed by atoms with E-state index in [2.05, 4.69) is 24.5 Å². The van der Waals surface area contributed by atoms with E-state index in [0.29, 0.717) is 28.9 Å². The van der Waals surface area contributed by atoms with Crippen molar-refractivity contribution in [3.63, 3.8) is 0 Å². The molecule has 102 valence electrons. The van der Waals surface area contributed by atoms with E-state index in [9.17, 15) is 4.79 Å². The normalized spacial score (nSPS) is 12.0. The van der Waals surface area contributed by atoms with Crippen molar-refractivity contribution in [3.8, 4) is 5.75 Å². The Morgan fingerprint density at radius 2 is 2.17 bits per heavy atom. The minimum atomic E-state index is -0.157. The third-order valence-electron chi connectivity index (χ3n) is 2.64. The quantitative estimate of drug-likeness (QED) is 0.742. The molecule has 1 rings (SSSR count). The summed E-state index contributed by atoms with van der Waals surface area (Å²) >= 11 is 1.33. The first-order chi connectivity index (χ1) is 8.54. The van der Waals surface area contributed by atoms with E-state index in [4.69, 9.17) is 10.5 Å². The van der Waals surface area contributed by atoms with Gasteiger partial charge in [-0.2, -0.15) is 0 Å². The van der Waals surface area contributed by atoms with Crippen LogP contribution >= 0.6 is 11.3 Å². The van der Waals surface area contributed by atoms with Crippen LogP contribution in [0.4, 0.5) is 10.7 Å². The van der Waals surface area contributed by atoms with Crippen molar-refractivity contribution in [2.24, 2.45) is 0 Å². The Kier molecular flexibility index (Phi) is 5.27. The van der Waals surface area contributed by atoms with Crippen LogP contribution in [0.15, 0.2) is 0 Å². The van der Waals surface area contributed by atoms with E-state index >= 15 is 0 Å². The number of methoxy groups -OCH3 is 1. The van der Waals surface area contributed by atoms with E-state index in [-0.39, 0.29) is 5.91 Å². The maximum absolute atomic E-state index is 11.8. The van der Waals surface area contributed by atoms with Gasteiger partial charge < -0.3 is 21.1 Å². The maximum atomic E-state index is 11.8. The molecule has 6 heteroatoms. The molecule has 0 fully saturated rings. The molecule has 0 bridgehead atoms. The molecule has 0 aromatic carbocycles. The lowest BCUT2D eigenvalue weighted by molar-refractivity contribution is 0.0960. The molecule has 0 saturated heterocycles. The molecule has 0 spiro atoms. The molecular weight excluding hydrogens is 250 g/mol. The molecule has 4 N–H and O–H groups in total. The van der Waals surface area contributed by atoms with Gasteiger partial charge in [0.25, 0.3) is 5.91 Å². The molecule has 0 radical (unpaired) electrons. The minimum Gasteiger partial charge on any atom is -0.492 e. The van der Waals surface area contributed by atoms with Gasteiger partial charge in [0, 0.05) is 12.6 Å². The second-order valence-electron chi connectivity index (χ2n) is 4.02. The first-order valence-electron chi connectivity index (χ1n) is 6.06. The van der Waals surface area contributed by atoms with Crippen LogP contribution in [-0.2, 0) is 0 Å². The molecule has 1 heterocycles. The summed E-state index contributed by atoms with van der Waals surface area (Å²) < 4.78 is 5.27. The van der Waals surface area contributed by atoms with E-state index < -0.39 is 0 Å². The Morgan fingerprint density at radius 1 is 1.50 bits per heavy atom. The van der Waals surface area contributed by atoms with Crippen molar-refractivity contribution < 1.29 is 9.53 Å². The van der Waals surface area contributed by atoms with Crippen LogP contribution < -0.4 is 21.1 Å². The number of rotatable bonds is 6. The van der Waals surface area contributed by atoms with E-state index in [0.717, 1.165) is 11.4 Å². The molecule has 1 aromatic heterocycles. The Labute approximate surface area is 112 Å². The Bertz CT molecular complexity index is 418. The van der Waals surface area contributed by atoms with Crippen LogP contribution in [0, 0.1) is 0 Å². The molecule has 1 amide bonds. The Balaban J connectivity index is 3.04. The van der Waals surface area contributed by atoms with Crippen LogP contribution in [0.1, 0.15) is 36.9 Å². The highest BCUT2D eigenvalue weighted by Gasteiger charge is 2.22. The fraction of sp³-hybridized carbons (Fsp3) is 0.583. The Morgan fingerprint density at radius 3 is 2.67 bits per heavy atom. The molecule has 1 unspecified atom stereocenters. The smallest absolute Gasteiger partial charge is 0.263 e. The summed E-state index contributed by atoms with van der Waals surface area (Å²) in [5.74, 6) is 0.400. The van der Waals surface area contributed by atoms with Gasteiger partial charge in [0.05, 0.1) is 7.11 Å². The summed E-state index contributed by atoms with van der Waals surface area (Å²) in [7, 11) is 1.56. The largest absolute Gasteiger partial charge is 0.492 e. The SMILES string of the molecule is CCNC(=O)c1sc(NC(C)CC)c(OC)c1N. The molecular formula is C12H21N3O2S. The highest BCUT2D eigenvalue weighted by molar-refractivity contribution is 7.19. The number of ether oxygens (including phenoxy) is 1. The third-order valence-corrected chi connectivity index (χ3v) is 3.75. The number of anilines is 2. The van der Waals surface area contributed by atoms with Gasteiger partial charge in [-0.05, 0) is 20.3 Å². The number of hydrogen-bond donors (Lipinski definition) is 3. The zero-order valence-corrected chi connectivity index (χ0v) is 12.1. The number of nitrogen functional groups attached to an aromatic ring is 1. The summed E-state index contributed by atoms with van der Waals surface area (Å²) in [5.41, 5.74) is 6.35. The number of thiophene rings is 1. The fourth-order valence-electron chi connectivity index (χ4n) is 1.46. The lowest BCUT2D eigenvalue weighted by Gasteiger charge is -2.12. The van der Waals surface area contributed by atoms with Crippen LogP contribution in [0.25, 0.3) is 0 Å². The Hall–Kier alpha value is -1.43. The van der Waals surface area contributed by atoms with Crippen LogP contribution in [0.2, 0.25) is 0 Å². The van der Waals surface area contributed by atoms with Crippen molar-refractivity contribution in [2.75, 3.05) is 24.7 Å². The van der Waals surface area contributed by atoms with Gasteiger partial charge in [0.2, 0.25) is 0 Å². The standard InChI is InChI=1S/C12H21N3O2S/c1-5-7(3)15-12-9(17-4)8(13)10(18-12)11(16)14-6-2/h7,15H,5-6,13H2,1-4H3,(H,14,16). The molecule has 0 aliphatic carbocycles. The maximum Gasteiger partial charge on any atom is 0.263 e. The number of carbonyl (C=O) groups excluding carboxylic acids is 1. The predicted molar refractivity (Wildman–Crippen MR) is 76.7 cm³/mol. The van der Waals surface area contributed by atoms with E-state index in [1.807, 2.05) is 6.92 Å². The first-order valence-corrected chi connectivity index (χ1v) is 6.87. The second kappa shape index (κ2) is 6.49. The van der Waals surface area contributed by atoms with Crippen molar-refractivity contribution in [1.29, 1.82) is 0 Å². The number of carbonyl (C=O) groups is 1. The van der Waals surface area contributed by atoms with Crippen LogP contribution in [0.5, 0.6) is 5.75 Å². The average Bonchev–Trinajstić information content (AvgIpc) is 2.65. The summed E-state index contributed by atoms with van der Waals surface area (Å²) in [6.45, 7) is 6.61. The molecule has 0 aliphatic rings. The van der Waals surface area contributed by atoms with Crippen LogP contribution in [0.3, 0.4) is 0 Å². The minimum absolute atomic E-state index is 0.157. The van der Waals surface area contributed by atoms with Gasteiger partial charge in [-0.3, -0.25) is 4.79 Å². The van der Waals surface area contributed by atoms with Gasteiger partial charge in [-0.1, -0.05) is 6.92 Å². The van der Waals surface area contributed by atoms with E-state index in [1.165, 1.54) is 11.3 Å². The number of nitrogens with two attached hydrogens (primary N) is 1. The highest BCUT2D eigenvalue weighted by atomic mass is 32.1. The topological polar surface area (TPSA) is 76.4 Å². The fourth-order valence-corrected chi connectivity index (χ4v) is 2.58. The predicted octanol–water partition coefficient (Wildman–Crippen LogP) is 2.30. The zero-order valence-electron chi connectivity index (χ0n) is 11.3. The second-order valence-corrected chi connectivity index (χ2v) is 5.04. The molecule has 1 aromatic rings. The van der Waals surface area contributed by atoms with Crippen LogP contribution in [-0.4, -0.2) is 25.6 Å². The van der Waals surface area contributed by atoms with Crippen molar-refractivity contribution in [1.82, 2.24) is 5.32 Å². The van der Waals surface area contributed by atoms with Gasteiger partial charge in [-0.25, -0.2) is 0 Å². The monoisotopic (exact) mass is 271 g/mol. The van der Waals surface area contributed by atoms with Gasteiger partial charge in [0.15, 0.2) is 5.75 Å². The summed E-state index contributed by atoms with van der Waals surface area (Å²) in [6, 6.07) is 0.305. The molecule has 0 saturated carbocycles. The summed E-state index contributed by atoms with van der Waals surface area (Å²) in [5, 5.41) is 6.86. The average molecular weight is 271 g/mol. The zero-order chi connectivity index (χ0) is 13.7. The van der Waals surface area contributed by atoms with Gasteiger partial charge in [0.1, 0.15) is 15.6 Å². The van der Waals surface area contributed by atoms with Crippen molar-refractivity contribution >= 4 is 27.9 Å². The lowest BCUT2D eigenvalue weighted by Crippen LogP contribution is -2.22. The molecule has 1 atom stereocenters. The first kappa shape index (κ1) is 14.6. The summed E-state index contributed by atoms with van der Waals surface area (Å²) in [4.78, 5) is 12.3. The van der Waals surface area contributed by atoms with Crippen molar-refractivity contribution in [3.05, 3.63) is 4.88 Å². The lowest BCUT2D eigenvalue weighted by atomic mass is 10.2. The molecule has 5 nitrogen and oxygen atoms in total. The molecule has 18 heavy (non-hydrogen) atoms. The van der Waals surface area contributed by atoms with Crippen molar-refractivity contribution in [2.45, 2.75) is 33.2 Å². The molecule has 0 aliphatic heterocycles. The number of nitrogens with one attached hydrogen (secondary N) is 2. The number of amides is 1. The van der Waals surface area contributed by atoms with E-state index in [1.54, 1.807) is 7.11 Å². The highest BCUT2D eigenvalue weighted by Crippen LogP contribution is 2.42.